The van der Waals surface area contributed by atoms with Crippen molar-refractivity contribution in [2.45, 2.75) is 39.2 Å². The van der Waals surface area contributed by atoms with Crippen LogP contribution in [0.25, 0.3) is 0 Å². The highest BCUT2D eigenvalue weighted by Gasteiger charge is 2.27. The summed E-state index contributed by atoms with van der Waals surface area (Å²) in [6, 6.07) is 8.27. The minimum Gasteiger partial charge on any atom is -0.454 e. The summed E-state index contributed by atoms with van der Waals surface area (Å²) in [4.78, 5) is 11.8. The van der Waals surface area contributed by atoms with Gasteiger partial charge in [0.2, 0.25) is 0 Å². The summed E-state index contributed by atoms with van der Waals surface area (Å²) >= 11 is 0. The molecule has 18 heavy (non-hydrogen) atoms. The lowest BCUT2D eigenvalue weighted by molar-refractivity contribution is -0.147. The molecule has 1 aromatic carbocycles. The highest BCUT2D eigenvalue weighted by Crippen LogP contribution is 2.35. The van der Waals surface area contributed by atoms with Crippen molar-refractivity contribution in [3.05, 3.63) is 47.5 Å². The van der Waals surface area contributed by atoms with Crippen molar-refractivity contribution >= 4 is 5.97 Å². The molecule has 0 bridgehead atoms. The molecule has 0 heterocycles. The summed E-state index contributed by atoms with van der Waals surface area (Å²) in [7, 11) is 0. The van der Waals surface area contributed by atoms with Gasteiger partial charge < -0.3 is 4.74 Å². The molecule has 0 saturated carbocycles. The van der Waals surface area contributed by atoms with Crippen LogP contribution in [0, 0.1) is 5.92 Å². The Balaban J connectivity index is 2.31. The van der Waals surface area contributed by atoms with Crippen LogP contribution in [0.15, 0.2) is 36.4 Å². The molecular formula is C16H20O2. The Morgan fingerprint density at radius 1 is 1.39 bits per heavy atom. The van der Waals surface area contributed by atoms with Gasteiger partial charge >= 0.3 is 5.97 Å². The molecule has 0 aromatic heterocycles. The van der Waals surface area contributed by atoms with Crippen LogP contribution >= 0.6 is 0 Å². The van der Waals surface area contributed by atoms with Crippen molar-refractivity contribution < 1.29 is 9.53 Å². The van der Waals surface area contributed by atoms with E-state index in [9.17, 15) is 4.79 Å². The molecule has 0 saturated heterocycles. The number of hydrogen-bond acceptors (Lipinski definition) is 2. The lowest BCUT2D eigenvalue weighted by atomic mass is 9.94. The first-order chi connectivity index (χ1) is 8.59. The zero-order valence-electron chi connectivity index (χ0n) is 11.1. The SMILES string of the molecule is C=C(C)C(=O)OC1c2ccccc2CCCC1C. The minimum atomic E-state index is -0.288. The number of ether oxygens (including phenoxy) is 1. The molecule has 2 atom stereocenters. The first-order valence-electron chi connectivity index (χ1n) is 6.54. The number of esters is 1. The van der Waals surface area contributed by atoms with Gasteiger partial charge in [0.05, 0.1) is 0 Å². The Hall–Kier alpha value is -1.57. The fourth-order valence-electron chi connectivity index (χ4n) is 2.51. The van der Waals surface area contributed by atoms with Crippen LogP contribution in [0.3, 0.4) is 0 Å². The van der Waals surface area contributed by atoms with E-state index in [0.29, 0.717) is 11.5 Å². The number of carbonyl (C=O) groups is 1. The van der Waals surface area contributed by atoms with E-state index in [1.54, 1.807) is 6.92 Å². The zero-order chi connectivity index (χ0) is 13.1. The molecule has 1 aromatic rings. The Labute approximate surface area is 109 Å². The van der Waals surface area contributed by atoms with Gasteiger partial charge in [-0.1, -0.05) is 37.8 Å². The average Bonchev–Trinajstić information content (AvgIpc) is 2.50. The topological polar surface area (TPSA) is 26.3 Å². The quantitative estimate of drug-likeness (QED) is 0.449. The smallest absolute Gasteiger partial charge is 0.333 e. The van der Waals surface area contributed by atoms with Crippen LogP contribution in [0.5, 0.6) is 0 Å². The molecule has 2 rings (SSSR count). The summed E-state index contributed by atoms with van der Waals surface area (Å²) in [5, 5.41) is 0. The standard InChI is InChI=1S/C16H20O2/c1-11(2)16(17)18-15-12(3)7-6-9-13-8-4-5-10-14(13)15/h4-5,8,10,12,15H,1,6-7,9H2,2-3H3. The van der Waals surface area contributed by atoms with Gasteiger partial charge in [-0.05, 0) is 43.2 Å². The number of aryl methyl sites for hydroxylation is 1. The number of hydrogen-bond donors (Lipinski definition) is 0. The molecule has 96 valence electrons. The maximum Gasteiger partial charge on any atom is 0.333 e. The lowest BCUT2D eigenvalue weighted by Gasteiger charge is -2.23. The van der Waals surface area contributed by atoms with Gasteiger partial charge in [0.15, 0.2) is 0 Å². The van der Waals surface area contributed by atoms with Gasteiger partial charge in [0.1, 0.15) is 6.10 Å². The molecule has 0 aliphatic heterocycles. The summed E-state index contributed by atoms with van der Waals surface area (Å²) in [6.45, 7) is 7.49. The fourth-order valence-corrected chi connectivity index (χ4v) is 2.51. The monoisotopic (exact) mass is 244 g/mol. The van der Waals surface area contributed by atoms with E-state index in [1.807, 2.05) is 12.1 Å². The number of fused-ring (bicyclic) bond motifs is 1. The van der Waals surface area contributed by atoms with Crippen LogP contribution in [0.2, 0.25) is 0 Å². The van der Waals surface area contributed by atoms with Gasteiger partial charge in [-0.25, -0.2) is 4.79 Å². The Morgan fingerprint density at radius 3 is 2.83 bits per heavy atom. The molecule has 0 amide bonds. The fraction of sp³-hybridized carbons (Fsp3) is 0.438. The van der Waals surface area contributed by atoms with Gasteiger partial charge in [-0.15, -0.1) is 0 Å². The van der Waals surface area contributed by atoms with Gasteiger partial charge in [0, 0.05) is 5.57 Å². The van der Waals surface area contributed by atoms with Crippen LogP contribution in [-0.2, 0) is 16.0 Å². The third-order valence-corrected chi connectivity index (χ3v) is 3.57. The summed E-state index contributed by atoms with van der Waals surface area (Å²) < 4.78 is 5.63. The van der Waals surface area contributed by atoms with E-state index in [2.05, 4.69) is 25.6 Å². The normalized spacial score (nSPS) is 22.8. The average molecular weight is 244 g/mol. The summed E-state index contributed by atoms with van der Waals surface area (Å²) in [5.74, 6) is 0.0699. The van der Waals surface area contributed by atoms with E-state index in [0.717, 1.165) is 24.8 Å². The van der Waals surface area contributed by atoms with Crippen molar-refractivity contribution in [3.63, 3.8) is 0 Å². The van der Waals surface area contributed by atoms with E-state index < -0.39 is 0 Å². The molecule has 2 heteroatoms. The predicted molar refractivity (Wildman–Crippen MR) is 72.2 cm³/mol. The largest absolute Gasteiger partial charge is 0.454 e. The van der Waals surface area contributed by atoms with Crippen molar-refractivity contribution in [1.29, 1.82) is 0 Å². The Morgan fingerprint density at radius 2 is 2.11 bits per heavy atom. The molecule has 0 spiro atoms. The first kappa shape index (κ1) is 12.9. The molecule has 0 fully saturated rings. The third kappa shape index (κ3) is 2.63. The molecular weight excluding hydrogens is 224 g/mol. The van der Waals surface area contributed by atoms with Gasteiger partial charge in [0.25, 0.3) is 0 Å². The third-order valence-electron chi connectivity index (χ3n) is 3.57. The molecule has 2 nitrogen and oxygen atoms in total. The molecule has 1 aliphatic rings. The predicted octanol–water partition coefficient (Wildman–Crippen LogP) is 3.82. The second-order valence-electron chi connectivity index (χ2n) is 5.17. The van der Waals surface area contributed by atoms with E-state index >= 15 is 0 Å². The minimum absolute atomic E-state index is 0.132. The molecule has 0 radical (unpaired) electrons. The van der Waals surface area contributed by atoms with Crippen molar-refractivity contribution in [1.82, 2.24) is 0 Å². The highest BCUT2D eigenvalue weighted by molar-refractivity contribution is 5.87. The van der Waals surface area contributed by atoms with Crippen molar-refractivity contribution in [3.8, 4) is 0 Å². The second-order valence-corrected chi connectivity index (χ2v) is 5.17. The van der Waals surface area contributed by atoms with Gasteiger partial charge in [-0.2, -0.15) is 0 Å². The van der Waals surface area contributed by atoms with Crippen molar-refractivity contribution in [2.24, 2.45) is 5.92 Å². The Kier molecular flexibility index (Phi) is 3.85. The Bertz CT molecular complexity index is 462. The maximum absolute atomic E-state index is 11.8. The van der Waals surface area contributed by atoms with Crippen molar-refractivity contribution in [2.75, 3.05) is 0 Å². The first-order valence-corrected chi connectivity index (χ1v) is 6.54. The number of benzene rings is 1. The maximum atomic E-state index is 11.8. The van der Waals surface area contributed by atoms with Crippen LogP contribution in [0.1, 0.15) is 43.9 Å². The van der Waals surface area contributed by atoms with Gasteiger partial charge in [-0.3, -0.25) is 0 Å². The number of carbonyl (C=O) groups excluding carboxylic acids is 1. The molecule has 1 aliphatic carbocycles. The lowest BCUT2D eigenvalue weighted by Crippen LogP contribution is -2.18. The summed E-state index contributed by atoms with van der Waals surface area (Å²) in [5.41, 5.74) is 2.93. The van der Waals surface area contributed by atoms with Crippen LogP contribution in [-0.4, -0.2) is 5.97 Å². The van der Waals surface area contributed by atoms with E-state index in [-0.39, 0.29) is 12.1 Å². The van der Waals surface area contributed by atoms with E-state index in [1.165, 1.54) is 5.56 Å². The summed E-state index contributed by atoms with van der Waals surface area (Å²) in [6.07, 6.45) is 3.18. The second kappa shape index (κ2) is 5.38. The molecule has 0 N–H and O–H groups in total. The van der Waals surface area contributed by atoms with Crippen LogP contribution < -0.4 is 0 Å². The highest BCUT2D eigenvalue weighted by atomic mass is 16.5. The van der Waals surface area contributed by atoms with Crippen LogP contribution in [0.4, 0.5) is 0 Å². The zero-order valence-corrected chi connectivity index (χ0v) is 11.1. The molecule has 2 unspecified atom stereocenters. The number of rotatable bonds is 2. The van der Waals surface area contributed by atoms with E-state index in [4.69, 9.17) is 4.74 Å².